The van der Waals surface area contributed by atoms with Crippen molar-refractivity contribution in [2.24, 2.45) is 0 Å². The quantitative estimate of drug-likeness (QED) is 0.678. The average Bonchev–Trinajstić information content (AvgIpc) is 2.70. The molecule has 0 radical (unpaired) electrons. The number of hydrogen-bond acceptors (Lipinski definition) is 2. The van der Waals surface area contributed by atoms with Gasteiger partial charge in [0.15, 0.2) is 0 Å². The van der Waals surface area contributed by atoms with Crippen molar-refractivity contribution in [2.75, 3.05) is 13.1 Å². The van der Waals surface area contributed by atoms with Gasteiger partial charge in [0.2, 0.25) is 0 Å². The smallest absolute Gasteiger partial charge is 0.258 e. The topological polar surface area (TPSA) is 40.5 Å². The Labute approximate surface area is 82.3 Å². The largest absolute Gasteiger partial charge is 0.507 e. The molecule has 1 aromatic carbocycles. The predicted octanol–water partition coefficient (Wildman–Crippen LogP) is 1.40. The maximum Gasteiger partial charge on any atom is 0.258 e. The van der Waals surface area contributed by atoms with Crippen LogP contribution >= 0.6 is 0 Å². The number of amides is 1. The Bertz CT molecular complexity index is 377. The molecule has 0 bridgehead atoms. The number of rotatable bonds is 1. The van der Waals surface area contributed by atoms with E-state index >= 15 is 0 Å². The fourth-order valence-corrected chi connectivity index (χ4v) is 1.47. The Morgan fingerprint density at radius 3 is 2.50 bits per heavy atom. The normalized spacial score (nSPS) is 14.7. The van der Waals surface area contributed by atoms with Gasteiger partial charge in [-0.2, -0.15) is 0 Å². The fraction of sp³-hybridized carbons (Fsp3) is 0.182. The van der Waals surface area contributed by atoms with Gasteiger partial charge in [-0.15, -0.1) is 0 Å². The summed E-state index contributed by atoms with van der Waals surface area (Å²) in [5, 5.41) is 9.47. The van der Waals surface area contributed by atoms with Crippen molar-refractivity contribution in [1.82, 2.24) is 4.90 Å². The second kappa shape index (κ2) is 3.54. The second-order valence-corrected chi connectivity index (χ2v) is 3.20. The maximum absolute atomic E-state index is 11.8. The first-order valence-corrected chi connectivity index (χ1v) is 4.51. The Hall–Kier alpha value is -1.77. The molecule has 0 fully saturated rings. The Balaban J connectivity index is 2.23. The van der Waals surface area contributed by atoms with E-state index in [1.54, 1.807) is 23.1 Å². The summed E-state index contributed by atoms with van der Waals surface area (Å²) in [6, 6.07) is 6.61. The molecule has 0 aromatic heterocycles. The lowest BCUT2D eigenvalue weighted by Gasteiger charge is -2.15. The van der Waals surface area contributed by atoms with Gasteiger partial charge in [0.05, 0.1) is 5.56 Å². The molecule has 1 aliphatic heterocycles. The van der Waals surface area contributed by atoms with Crippen LogP contribution in [-0.2, 0) is 0 Å². The summed E-state index contributed by atoms with van der Waals surface area (Å²) in [6.07, 6.45) is 3.88. The fourth-order valence-electron chi connectivity index (χ4n) is 1.47. The molecule has 0 unspecified atom stereocenters. The van der Waals surface area contributed by atoms with Gasteiger partial charge >= 0.3 is 0 Å². The highest BCUT2D eigenvalue weighted by Gasteiger charge is 2.18. The Morgan fingerprint density at radius 1 is 1.21 bits per heavy atom. The minimum absolute atomic E-state index is 0.0457. The summed E-state index contributed by atoms with van der Waals surface area (Å²) in [4.78, 5) is 13.5. The third-order valence-electron chi connectivity index (χ3n) is 2.24. The molecular formula is C11H11NO2. The molecule has 0 saturated carbocycles. The minimum Gasteiger partial charge on any atom is -0.507 e. The summed E-state index contributed by atoms with van der Waals surface area (Å²) in [5.74, 6) is -0.0718. The molecule has 2 rings (SSSR count). The van der Waals surface area contributed by atoms with Gasteiger partial charge in [0.25, 0.3) is 5.91 Å². The maximum atomic E-state index is 11.8. The zero-order chi connectivity index (χ0) is 9.97. The summed E-state index contributed by atoms with van der Waals surface area (Å²) in [6.45, 7) is 1.26. The van der Waals surface area contributed by atoms with Crippen molar-refractivity contribution >= 4 is 5.91 Å². The van der Waals surface area contributed by atoms with E-state index in [1.165, 1.54) is 6.07 Å². The number of phenols is 1. The van der Waals surface area contributed by atoms with E-state index in [-0.39, 0.29) is 11.7 Å². The van der Waals surface area contributed by atoms with E-state index in [9.17, 15) is 9.90 Å². The van der Waals surface area contributed by atoms with Crippen molar-refractivity contribution < 1.29 is 9.90 Å². The van der Waals surface area contributed by atoms with Gasteiger partial charge in [-0.05, 0) is 12.1 Å². The van der Waals surface area contributed by atoms with Crippen molar-refractivity contribution in [2.45, 2.75) is 0 Å². The van der Waals surface area contributed by atoms with E-state index < -0.39 is 0 Å². The van der Waals surface area contributed by atoms with Crippen molar-refractivity contribution in [3.05, 3.63) is 42.0 Å². The molecule has 1 amide bonds. The van der Waals surface area contributed by atoms with Gasteiger partial charge in [-0.3, -0.25) is 4.79 Å². The summed E-state index contributed by atoms with van der Waals surface area (Å²) in [7, 11) is 0. The molecule has 0 spiro atoms. The molecule has 1 heterocycles. The monoisotopic (exact) mass is 189 g/mol. The van der Waals surface area contributed by atoms with Crippen LogP contribution in [0, 0.1) is 0 Å². The highest BCUT2D eigenvalue weighted by Crippen LogP contribution is 2.18. The van der Waals surface area contributed by atoms with E-state index in [4.69, 9.17) is 0 Å². The number of hydrogen-bond donors (Lipinski definition) is 1. The van der Waals surface area contributed by atoms with Crippen molar-refractivity contribution in [3.8, 4) is 5.75 Å². The number of carbonyl (C=O) groups is 1. The molecule has 0 aliphatic carbocycles. The molecule has 0 atom stereocenters. The first kappa shape index (κ1) is 8.81. The van der Waals surface area contributed by atoms with E-state index in [0.29, 0.717) is 18.7 Å². The SMILES string of the molecule is O=C(c1ccccc1O)N1CC=CC1. The lowest BCUT2D eigenvalue weighted by molar-refractivity contribution is 0.0797. The standard InChI is InChI=1S/C11H11NO2/c13-10-6-2-1-5-9(10)11(14)12-7-3-4-8-12/h1-6,13H,7-8H2. The molecule has 0 saturated heterocycles. The van der Waals surface area contributed by atoms with Crippen LogP contribution in [0.3, 0.4) is 0 Å². The van der Waals surface area contributed by atoms with Crippen LogP contribution in [0.15, 0.2) is 36.4 Å². The van der Waals surface area contributed by atoms with Crippen LogP contribution in [0.4, 0.5) is 0 Å². The van der Waals surface area contributed by atoms with Crippen LogP contribution in [0.2, 0.25) is 0 Å². The summed E-state index contributed by atoms with van der Waals surface area (Å²) < 4.78 is 0. The molecular weight excluding hydrogens is 178 g/mol. The number of nitrogens with zero attached hydrogens (tertiary/aromatic N) is 1. The van der Waals surface area contributed by atoms with Gasteiger partial charge in [0, 0.05) is 13.1 Å². The number of para-hydroxylation sites is 1. The molecule has 1 aliphatic rings. The predicted molar refractivity (Wildman–Crippen MR) is 53.2 cm³/mol. The molecule has 14 heavy (non-hydrogen) atoms. The van der Waals surface area contributed by atoms with Gasteiger partial charge in [-0.1, -0.05) is 24.3 Å². The Kier molecular flexibility index (Phi) is 2.23. The van der Waals surface area contributed by atoms with Gasteiger partial charge in [-0.25, -0.2) is 0 Å². The summed E-state index contributed by atoms with van der Waals surface area (Å²) >= 11 is 0. The van der Waals surface area contributed by atoms with Crippen LogP contribution in [0.1, 0.15) is 10.4 Å². The average molecular weight is 189 g/mol. The zero-order valence-electron chi connectivity index (χ0n) is 7.68. The number of carbonyl (C=O) groups excluding carboxylic acids is 1. The highest BCUT2D eigenvalue weighted by molar-refractivity contribution is 5.97. The summed E-state index contributed by atoms with van der Waals surface area (Å²) in [5.41, 5.74) is 0.371. The Morgan fingerprint density at radius 2 is 1.86 bits per heavy atom. The first-order chi connectivity index (χ1) is 6.79. The van der Waals surface area contributed by atoms with Gasteiger partial charge < -0.3 is 10.0 Å². The van der Waals surface area contributed by atoms with Crippen LogP contribution in [0.25, 0.3) is 0 Å². The van der Waals surface area contributed by atoms with Crippen LogP contribution < -0.4 is 0 Å². The minimum atomic E-state index is -0.117. The third kappa shape index (κ3) is 1.48. The number of phenolic OH excluding ortho intramolecular Hbond substituents is 1. The molecule has 1 aromatic rings. The molecule has 3 nitrogen and oxygen atoms in total. The number of aromatic hydroxyl groups is 1. The van der Waals surface area contributed by atoms with E-state index in [1.807, 2.05) is 12.2 Å². The lowest BCUT2D eigenvalue weighted by Crippen LogP contribution is -2.28. The molecule has 1 N–H and O–H groups in total. The molecule has 3 heteroatoms. The first-order valence-electron chi connectivity index (χ1n) is 4.51. The van der Waals surface area contributed by atoms with E-state index in [0.717, 1.165) is 0 Å². The third-order valence-corrected chi connectivity index (χ3v) is 2.24. The second-order valence-electron chi connectivity index (χ2n) is 3.20. The highest BCUT2D eigenvalue weighted by atomic mass is 16.3. The van der Waals surface area contributed by atoms with Crippen LogP contribution in [-0.4, -0.2) is 29.0 Å². The molecule has 72 valence electrons. The zero-order valence-corrected chi connectivity index (χ0v) is 7.68. The van der Waals surface area contributed by atoms with Crippen LogP contribution in [0.5, 0.6) is 5.75 Å². The van der Waals surface area contributed by atoms with Gasteiger partial charge in [0.1, 0.15) is 5.75 Å². The van der Waals surface area contributed by atoms with Crippen molar-refractivity contribution in [3.63, 3.8) is 0 Å². The van der Waals surface area contributed by atoms with E-state index in [2.05, 4.69) is 0 Å². The van der Waals surface area contributed by atoms with Crippen molar-refractivity contribution in [1.29, 1.82) is 0 Å². The number of benzene rings is 1. The lowest BCUT2D eigenvalue weighted by atomic mass is 10.2.